The first-order valence-corrected chi connectivity index (χ1v) is 29.6. The Hall–Kier alpha value is -3.41. The Bertz CT molecular complexity index is 1550. The maximum Gasteiger partial charge on any atom is 0.306 e. The Balaban J connectivity index is 2.18. The highest BCUT2D eigenvalue weighted by atomic mass is 16.7. The van der Waals surface area contributed by atoms with Gasteiger partial charge >= 0.3 is 5.97 Å². The van der Waals surface area contributed by atoms with Crippen molar-refractivity contribution in [3.8, 4) is 0 Å². The van der Waals surface area contributed by atoms with Crippen LogP contribution in [0.2, 0.25) is 0 Å². The molecule has 9 nitrogen and oxygen atoms in total. The summed E-state index contributed by atoms with van der Waals surface area (Å²) in [5.74, 6) is -0.331. The fourth-order valence-corrected chi connectivity index (χ4v) is 8.37. The van der Waals surface area contributed by atoms with Crippen molar-refractivity contribution in [2.45, 2.75) is 256 Å². The quantitative estimate of drug-likeness (QED) is 0.0267. The predicted molar refractivity (Wildman–Crippen MR) is 311 cm³/mol. The highest BCUT2D eigenvalue weighted by Gasteiger charge is 2.44. The summed E-state index contributed by atoms with van der Waals surface area (Å²) in [5, 5.41) is 40.4. The van der Waals surface area contributed by atoms with E-state index in [0.717, 1.165) is 116 Å². The minimum Gasteiger partial charge on any atom is -0.457 e. The number of ether oxygens (including phenoxy) is 4. The van der Waals surface area contributed by atoms with E-state index in [1.807, 2.05) is 0 Å². The van der Waals surface area contributed by atoms with Gasteiger partial charge in [0.2, 0.25) is 0 Å². The Labute approximate surface area is 452 Å². The molecule has 1 fully saturated rings. The average molecular weight is 1030 g/mol. The van der Waals surface area contributed by atoms with Crippen molar-refractivity contribution >= 4 is 5.97 Å². The van der Waals surface area contributed by atoms with Crippen molar-refractivity contribution in [3.05, 3.63) is 122 Å². The summed E-state index contributed by atoms with van der Waals surface area (Å²) in [4.78, 5) is 12.9. The van der Waals surface area contributed by atoms with Crippen LogP contribution in [0.1, 0.15) is 219 Å². The van der Waals surface area contributed by atoms with Crippen molar-refractivity contribution in [3.63, 3.8) is 0 Å². The smallest absolute Gasteiger partial charge is 0.306 e. The minimum atomic E-state index is -1.55. The molecule has 9 heteroatoms. The topological polar surface area (TPSA) is 135 Å². The van der Waals surface area contributed by atoms with Crippen molar-refractivity contribution in [1.82, 2.24) is 0 Å². The van der Waals surface area contributed by atoms with Crippen LogP contribution < -0.4 is 0 Å². The second-order valence-corrected chi connectivity index (χ2v) is 19.7. The van der Waals surface area contributed by atoms with Gasteiger partial charge in [-0.25, -0.2) is 0 Å². The van der Waals surface area contributed by atoms with Crippen LogP contribution in [0.15, 0.2) is 122 Å². The first kappa shape index (κ1) is 68.6. The van der Waals surface area contributed by atoms with E-state index in [-0.39, 0.29) is 19.2 Å². The molecule has 0 aromatic heterocycles. The number of carbonyl (C=O) groups is 1. The van der Waals surface area contributed by atoms with Crippen molar-refractivity contribution < 1.29 is 44.2 Å². The third-order valence-corrected chi connectivity index (χ3v) is 12.9. The molecule has 1 aliphatic rings. The molecule has 1 aliphatic heterocycles. The summed E-state index contributed by atoms with van der Waals surface area (Å²) in [5.41, 5.74) is 0. The lowest BCUT2D eigenvalue weighted by molar-refractivity contribution is -0.305. The lowest BCUT2D eigenvalue weighted by atomic mass is 9.99. The first-order chi connectivity index (χ1) is 36.4. The van der Waals surface area contributed by atoms with Gasteiger partial charge in [-0.1, -0.05) is 232 Å². The van der Waals surface area contributed by atoms with Crippen LogP contribution in [0.5, 0.6) is 0 Å². The molecule has 0 amide bonds. The average Bonchev–Trinajstić information content (AvgIpc) is 3.40. The lowest BCUT2D eigenvalue weighted by Gasteiger charge is -2.39. The largest absolute Gasteiger partial charge is 0.457 e. The van der Waals surface area contributed by atoms with Gasteiger partial charge in [-0.2, -0.15) is 0 Å². The van der Waals surface area contributed by atoms with Crippen molar-refractivity contribution in [2.24, 2.45) is 0 Å². The molecule has 74 heavy (non-hydrogen) atoms. The van der Waals surface area contributed by atoms with E-state index >= 15 is 0 Å². The van der Waals surface area contributed by atoms with Crippen LogP contribution in [0, 0.1) is 0 Å². The van der Waals surface area contributed by atoms with Crippen LogP contribution in [0.3, 0.4) is 0 Å². The van der Waals surface area contributed by atoms with Crippen LogP contribution in [-0.4, -0.2) is 89.6 Å². The minimum absolute atomic E-state index is 0.127. The standard InChI is InChI=1S/C65H108O9/c1-3-5-7-9-11-13-15-17-19-21-23-25-27-29-31-33-35-37-39-41-43-45-47-49-51-53-55-71-57-59(58-72-65-64(70)63(69)62(68)60(56-66)74-65)73-61(67)54-52-50-48-46-44-42-40-38-36-34-32-30-28-26-24-22-20-18-16-14-12-10-8-6-4-2/h5-8,11-14,17-20,23-26,30,32,36,38,59-60,62-66,68-70H,3-4,9-10,15-16,21-22,27-29,31,33-35,37,39-58H2,1-2H3/b7-5-,8-6-,13-11-,14-12-,19-17-,20-18-,25-23-,26-24-,32-30-,38-36-. The zero-order valence-corrected chi connectivity index (χ0v) is 46.8. The normalized spacial score (nSPS) is 19.5. The van der Waals surface area contributed by atoms with Gasteiger partial charge < -0.3 is 39.4 Å². The number of unbranched alkanes of at least 4 members (excludes halogenated alkanes) is 19. The Morgan fingerprint density at radius 1 is 0.432 bits per heavy atom. The second kappa shape index (κ2) is 54.4. The molecule has 1 saturated heterocycles. The van der Waals surface area contributed by atoms with Crippen LogP contribution in [0.25, 0.3) is 0 Å². The molecule has 1 rings (SSSR count). The first-order valence-electron chi connectivity index (χ1n) is 29.6. The number of aliphatic hydroxyl groups excluding tert-OH is 4. The summed E-state index contributed by atoms with van der Waals surface area (Å²) < 4.78 is 23.0. The van der Waals surface area contributed by atoms with Gasteiger partial charge in [-0.05, 0) is 103 Å². The second-order valence-electron chi connectivity index (χ2n) is 19.7. The highest BCUT2D eigenvalue weighted by Crippen LogP contribution is 2.23. The van der Waals surface area contributed by atoms with E-state index < -0.39 is 43.4 Å². The van der Waals surface area contributed by atoms with Crippen molar-refractivity contribution in [1.29, 1.82) is 0 Å². The highest BCUT2D eigenvalue weighted by molar-refractivity contribution is 5.69. The van der Waals surface area contributed by atoms with Gasteiger partial charge in [0, 0.05) is 13.0 Å². The third-order valence-electron chi connectivity index (χ3n) is 12.9. The fourth-order valence-electron chi connectivity index (χ4n) is 8.37. The van der Waals surface area contributed by atoms with Gasteiger partial charge in [-0.15, -0.1) is 0 Å². The predicted octanol–water partition coefficient (Wildman–Crippen LogP) is 15.8. The summed E-state index contributed by atoms with van der Waals surface area (Å²) in [6.07, 6.45) is 72.4. The van der Waals surface area contributed by atoms with Crippen LogP contribution >= 0.6 is 0 Å². The van der Waals surface area contributed by atoms with Gasteiger partial charge in [0.25, 0.3) is 0 Å². The number of hydrogen-bond donors (Lipinski definition) is 4. The molecule has 0 spiro atoms. The summed E-state index contributed by atoms with van der Waals surface area (Å²) >= 11 is 0. The maximum absolute atomic E-state index is 12.9. The Kier molecular flexibility index (Phi) is 50.4. The number of aliphatic hydroxyl groups is 4. The van der Waals surface area contributed by atoms with E-state index in [1.54, 1.807) is 0 Å². The number of allylic oxidation sites excluding steroid dienone is 20. The van der Waals surface area contributed by atoms with Gasteiger partial charge in [0.05, 0.1) is 19.8 Å². The van der Waals surface area contributed by atoms with Gasteiger partial charge in [0.1, 0.15) is 30.5 Å². The van der Waals surface area contributed by atoms with Gasteiger partial charge in [0.15, 0.2) is 6.29 Å². The zero-order chi connectivity index (χ0) is 53.5. The molecular weight excluding hydrogens is 925 g/mol. The molecule has 6 atom stereocenters. The maximum atomic E-state index is 12.9. The molecule has 0 aliphatic carbocycles. The third kappa shape index (κ3) is 43.8. The molecule has 0 aromatic rings. The van der Waals surface area contributed by atoms with E-state index in [4.69, 9.17) is 18.9 Å². The van der Waals surface area contributed by atoms with Crippen molar-refractivity contribution in [2.75, 3.05) is 26.4 Å². The van der Waals surface area contributed by atoms with Crippen LogP contribution in [-0.2, 0) is 23.7 Å². The number of carbonyl (C=O) groups excluding carboxylic acids is 1. The monoisotopic (exact) mass is 1030 g/mol. The number of esters is 1. The molecule has 0 aromatic carbocycles. The zero-order valence-electron chi connectivity index (χ0n) is 46.8. The number of rotatable bonds is 50. The fraction of sp³-hybridized carbons (Fsp3) is 0.677. The van der Waals surface area contributed by atoms with Crippen LogP contribution in [0.4, 0.5) is 0 Å². The molecule has 1 heterocycles. The molecule has 0 radical (unpaired) electrons. The number of hydrogen-bond acceptors (Lipinski definition) is 9. The Morgan fingerprint density at radius 3 is 1.18 bits per heavy atom. The molecule has 422 valence electrons. The van der Waals surface area contributed by atoms with E-state index in [1.165, 1.54) is 83.5 Å². The Morgan fingerprint density at radius 2 is 0.784 bits per heavy atom. The van der Waals surface area contributed by atoms with E-state index in [9.17, 15) is 25.2 Å². The van der Waals surface area contributed by atoms with Gasteiger partial charge in [-0.3, -0.25) is 4.79 Å². The lowest BCUT2D eigenvalue weighted by Crippen LogP contribution is -2.59. The van der Waals surface area contributed by atoms with E-state index in [0.29, 0.717) is 13.0 Å². The molecular formula is C65H108O9. The summed E-state index contributed by atoms with van der Waals surface area (Å²) in [6, 6.07) is 0. The van der Waals surface area contributed by atoms with E-state index in [2.05, 4.69) is 135 Å². The summed E-state index contributed by atoms with van der Waals surface area (Å²) in [6.45, 7) is 4.31. The summed E-state index contributed by atoms with van der Waals surface area (Å²) in [7, 11) is 0. The molecule has 0 bridgehead atoms. The SMILES string of the molecule is CC/C=C\C/C=C\C/C=C\C/C=C\C/C=C\C/C=C\CCCCCCCCC(=O)OC(COCCCCCCCCCCCCCCC/C=C\C/C=C\C/C=C\C/C=C\CC)COC1OC(CO)C(O)C(O)C1O. The molecule has 4 N–H and O–H groups in total. The molecule has 6 unspecified atom stereocenters. The molecule has 0 saturated carbocycles.